The van der Waals surface area contributed by atoms with Crippen LogP contribution >= 0.6 is 0 Å². The van der Waals surface area contributed by atoms with E-state index >= 15 is 0 Å². The lowest BCUT2D eigenvalue weighted by atomic mass is 10.0. The van der Waals surface area contributed by atoms with Gasteiger partial charge in [0.2, 0.25) is 0 Å². The number of benzene rings is 2. The summed E-state index contributed by atoms with van der Waals surface area (Å²) in [6.07, 6.45) is 0.801. The van der Waals surface area contributed by atoms with E-state index in [2.05, 4.69) is 10.6 Å². The summed E-state index contributed by atoms with van der Waals surface area (Å²) in [5.74, 6) is -0.630. The summed E-state index contributed by atoms with van der Waals surface area (Å²) in [6.45, 7) is 7.42. The molecule has 2 rings (SSSR count). The maximum absolute atomic E-state index is 12.4. The molecule has 0 heterocycles. The third-order valence-electron chi connectivity index (χ3n) is 4.49. The smallest absolute Gasteiger partial charge is 0.273 e. The van der Waals surface area contributed by atoms with Gasteiger partial charge < -0.3 is 10.6 Å². The summed E-state index contributed by atoms with van der Waals surface area (Å²) >= 11 is 0. The van der Waals surface area contributed by atoms with Gasteiger partial charge in [0.15, 0.2) is 0 Å². The zero-order valence-electron chi connectivity index (χ0n) is 15.8. The molecule has 2 N–H and O–H groups in total. The van der Waals surface area contributed by atoms with Crippen molar-refractivity contribution in [3.05, 3.63) is 69.3 Å². The summed E-state index contributed by atoms with van der Waals surface area (Å²) in [7, 11) is 0. The first-order valence-corrected chi connectivity index (χ1v) is 8.62. The SMILES string of the molecule is CCC(C)(C)NC(=O)c1ccc(NC(=O)c2cccc([N+](=O)[O-])c2C)cc1. The van der Waals surface area contributed by atoms with Crippen LogP contribution in [-0.4, -0.2) is 22.3 Å². The summed E-state index contributed by atoms with van der Waals surface area (Å²) in [4.78, 5) is 35.2. The summed E-state index contributed by atoms with van der Waals surface area (Å²) in [5.41, 5.74) is 1.11. The minimum absolute atomic E-state index is 0.104. The number of carbonyl (C=O) groups is 2. The molecule has 7 nitrogen and oxygen atoms in total. The van der Waals surface area contributed by atoms with E-state index in [1.54, 1.807) is 24.3 Å². The van der Waals surface area contributed by atoms with E-state index in [9.17, 15) is 19.7 Å². The molecule has 0 radical (unpaired) electrons. The van der Waals surface area contributed by atoms with Gasteiger partial charge in [-0.3, -0.25) is 19.7 Å². The van der Waals surface area contributed by atoms with Crippen LogP contribution in [0.4, 0.5) is 11.4 Å². The molecule has 0 aromatic heterocycles. The van der Waals surface area contributed by atoms with Crippen LogP contribution < -0.4 is 10.6 Å². The number of amides is 2. The Hall–Kier alpha value is -3.22. The molecule has 0 fully saturated rings. The van der Waals surface area contributed by atoms with E-state index < -0.39 is 10.8 Å². The topological polar surface area (TPSA) is 101 Å². The third-order valence-corrected chi connectivity index (χ3v) is 4.49. The van der Waals surface area contributed by atoms with Crippen molar-refractivity contribution in [3.8, 4) is 0 Å². The molecule has 142 valence electrons. The van der Waals surface area contributed by atoms with E-state index in [4.69, 9.17) is 0 Å². The molecular weight excluding hydrogens is 346 g/mol. The fourth-order valence-electron chi connectivity index (χ4n) is 2.44. The zero-order valence-corrected chi connectivity index (χ0v) is 15.8. The molecule has 0 atom stereocenters. The number of carbonyl (C=O) groups excluding carboxylic acids is 2. The molecule has 0 aliphatic carbocycles. The van der Waals surface area contributed by atoms with Crippen LogP contribution in [0.15, 0.2) is 42.5 Å². The van der Waals surface area contributed by atoms with Crippen LogP contribution in [0, 0.1) is 17.0 Å². The second-order valence-electron chi connectivity index (χ2n) is 6.93. The van der Waals surface area contributed by atoms with Crippen LogP contribution in [0.3, 0.4) is 0 Å². The average Bonchev–Trinajstić information content (AvgIpc) is 2.61. The largest absolute Gasteiger partial charge is 0.347 e. The number of hydrogen-bond donors (Lipinski definition) is 2. The fourth-order valence-corrected chi connectivity index (χ4v) is 2.44. The molecule has 2 aromatic rings. The number of rotatable bonds is 6. The predicted molar refractivity (Wildman–Crippen MR) is 104 cm³/mol. The Balaban J connectivity index is 2.13. The molecule has 0 aliphatic heterocycles. The summed E-state index contributed by atoms with van der Waals surface area (Å²) < 4.78 is 0. The zero-order chi connectivity index (χ0) is 20.2. The van der Waals surface area contributed by atoms with Crippen molar-refractivity contribution >= 4 is 23.2 Å². The molecule has 2 amide bonds. The highest BCUT2D eigenvalue weighted by molar-refractivity contribution is 6.06. The van der Waals surface area contributed by atoms with Crippen molar-refractivity contribution in [1.29, 1.82) is 0 Å². The highest BCUT2D eigenvalue weighted by Crippen LogP contribution is 2.22. The predicted octanol–water partition coefficient (Wildman–Crippen LogP) is 4.07. The number of nitro benzene ring substituents is 1. The van der Waals surface area contributed by atoms with Crippen molar-refractivity contribution in [2.75, 3.05) is 5.32 Å². The molecular formula is C20H23N3O4. The molecule has 0 unspecified atom stereocenters. The van der Waals surface area contributed by atoms with Crippen LogP contribution in [0.25, 0.3) is 0 Å². The lowest BCUT2D eigenvalue weighted by Crippen LogP contribution is -2.42. The minimum Gasteiger partial charge on any atom is -0.347 e. The maximum Gasteiger partial charge on any atom is 0.273 e. The van der Waals surface area contributed by atoms with Crippen molar-refractivity contribution in [2.24, 2.45) is 0 Å². The van der Waals surface area contributed by atoms with Gasteiger partial charge in [0.1, 0.15) is 0 Å². The molecule has 0 saturated carbocycles. The number of nitrogens with zero attached hydrogens (tertiary/aromatic N) is 1. The van der Waals surface area contributed by atoms with Crippen LogP contribution in [0.5, 0.6) is 0 Å². The minimum atomic E-state index is -0.517. The van der Waals surface area contributed by atoms with Gasteiger partial charge in [0.05, 0.1) is 4.92 Å². The number of anilines is 1. The van der Waals surface area contributed by atoms with E-state index in [1.807, 2.05) is 20.8 Å². The summed E-state index contributed by atoms with van der Waals surface area (Å²) in [6, 6.07) is 10.9. The molecule has 0 spiro atoms. The van der Waals surface area contributed by atoms with Gasteiger partial charge in [-0.25, -0.2) is 0 Å². The van der Waals surface area contributed by atoms with Gasteiger partial charge in [0, 0.05) is 34.0 Å². The Labute approximate surface area is 157 Å². The number of nitrogens with one attached hydrogen (secondary N) is 2. The Morgan fingerprint density at radius 2 is 1.70 bits per heavy atom. The highest BCUT2D eigenvalue weighted by atomic mass is 16.6. The Morgan fingerprint density at radius 3 is 2.26 bits per heavy atom. The fraction of sp³-hybridized carbons (Fsp3) is 0.300. The van der Waals surface area contributed by atoms with Crippen LogP contribution in [0.2, 0.25) is 0 Å². The lowest BCUT2D eigenvalue weighted by Gasteiger charge is -2.24. The quantitative estimate of drug-likeness (QED) is 0.592. The number of hydrogen-bond acceptors (Lipinski definition) is 4. The highest BCUT2D eigenvalue weighted by Gasteiger charge is 2.20. The Morgan fingerprint density at radius 1 is 1.07 bits per heavy atom. The Bertz CT molecular complexity index is 873. The first kappa shape index (κ1) is 20.1. The van der Waals surface area contributed by atoms with Crippen molar-refractivity contribution in [1.82, 2.24) is 5.32 Å². The van der Waals surface area contributed by atoms with Gasteiger partial charge in [-0.05, 0) is 57.5 Å². The molecule has 0 bridgehead atoms. The average molecular weight is 369 g/mol. The third kappa shape index (κ3) is 4.91. The van der Waals surface area contributed by atoms with Crippen molar-refractivity contribution < 1.29 is 14.5 Å². The van der Waals surface area contributed by atoms with Gasteiger partial charge in [-0.1, -0.05) is 13.0 Å². The maximum atomic E-state index is 12.4. The molecule has 27 heavy (non-hydrogen) atoms. The van der Waals surface area contributed by atoms with Gasteiger partial charge in [-0.15, -0.1) is 0 Å². The molecule has 2 aromatic carbocycles. The first-order chi connectivity index (χ1) is 12.6. The molecule has 7 heteroatoms. The van der Waals surface area contributed by atoms with Crippen LogP contribution in [-0.2, 0) is 0 Å². The normalized spacial score (nSPS) is 11.0. The van der Waals surface area contributed by atoms with Crippen molar-refractivity contribution in [3.63, 3.8) is 0 Å². The lowest BCUT2D eigenvalue weighted by molar-refractivity contribution is -0.385. The number of nitro groups is 1. The molecule has 0 aliphatic rings. The monoisotopic (exact) mass is 369 g/mol. The second-order valence-corrected chi connectivity index (χ2v) is 6.93. The van der Waals surface area contributed by atoms with E-state index in [0.717, 1.165) is 6.42 Å². The standard InChI is InChI=1S/C20H23N3O4/c1-5-20(3,4)22-18(24)14-9-11-15(12-10-14)21-19(25)16-7-6-8-17(13(16)2)23(26)27/h6-12H,5H2,1-4H3,(H,21,25)(H,22,24). The van der Waals surface area contributed by atoms with Gasteiger partial charge in [0.25, 0.3) is 17.5 Å². The first-order valence-electron chi connectivity index (χ1n) is 8.62. The van der Waals surface area contributed by atoms with Gasteiger partial charge >= 0.3 is 0 Å². The summed E-state index contributed by atoms with van der Waals surface area (Å²) in [5, 5.41) is 16.7. The van der Waals surface area contributed by atoms with E-state index in [1.165, 1.54) is 25.1 Å². The molecule has 0 saturated heterocycles. The van der Waals surface area contributed by atoms with Gasteiger partial charge in [-0.2, -0.15) is 0 Å². The second kappa shape index (κ2) is 7.99. The van der Waals surface area contributed by atoms with E-state index in [-0.39, 0.29) is 22.7 Å². The Kier molecular flexibility index (Phi) is 5.95. The van der Waals surface area contributed by atoms with Crippen LogP contribution in [0.1, 0.15) is 53.5 Å². The van der Waals surface area contributed by atoms with E-state index in [0.29, 0.717) is 16.8 Å². The van der Waals surface area contributed by atoms with Crippen molar-refractivity contribution in [2.45, 2.75) is 39.7 Å².